The van der Waals surface area contributed by atoms with Gasteiger partial charge in [-0.2, -0.15) is 5.26 Å². The van der Waals surface area contributed by atoms with Crippen molar-refractivity contribution < 1.29 is 13.6 Å². The third-order valence-electron chi connectivity index (χ3n) is 3.60. The van der Waals surface area contributed by atoms with Crippen LogP contribution in [0, 0.1) is 23.0 Å². The van der Waals surface area contributed by atoms with Crippen LogP contribution in [0.25, 0.3) is 0 Å². The number of hydrogen-bond acceptors (Lipinski definition) is 3. The zero-order valence-electron chi connectivity index (χ0n) is 13.3. The van der Waals surface area contributed by atoms with Crippen LogP contribution in [0.2, 0.25) is 0 Å². The van der Waals surface area contributed by atoms with Gasteiger partial charge >= 0.3 is 0 Å². The van der Waals surface area contributed by atoms with Crippen molar-refractivity contribution in [1.29, 1.82) is 5.26 Å². The van der Waals surface area contributed by atoms with Crippen molar-refractivity contribution in [3.63, 3.8) is 0 Å². The van der Waals surface area contributed by atoms with Crippen LogP contribution < -0.4 is 10.6 Å². The number of anilines is 1. The van der Waals surface area contributed by atoms with Crippen molar-refractivity contribution in [3.8, 4) is 6.07 Å². The van der Waals surface area contributed by atoms with Crippen LogP contribution in [0.1, 0.15) is 31.0 Å². The molecule has 0 heterocycles. The van der Waals surface area contributed by atoms with Crippen LogP contribution in [0.4, 0.5) is 14.5 Å². The van der Waals surface area contributed by atoms with E-state index in [-0.39, 0.29) is 11.5 Å². The standard InChI is InChI=1S/C18H17F2N3O/c1-11(16-8-5-14(19)9-17(16)20)22-12(2)18(24)23-15-6-3-13(10-21)4-7-15/h3-9,11-12,22H,1-2H3,(H,23,24)/t11-,12-/m1/s1. The average molecular weight is 329 g/mol. The third-order valence-corrected chi connectivity index (χ3v) is 3.60. The summed E-state index contributed by atoms with van der Waals surface area (Å²) in [6.45, 7) is 3.35. The second-order valence-electron chi connectivity index (χ2n) is 5.45. The van der Waals surface area contributed by atoms with E-state index < -0.39 is 23.7 Å². The van der Waals surface area contributed by atoms with Gasteiger partial charge in [-0.15, -0.1) is 0 Å². The van der Waals surface area contributed by atoms with Gasteiger partial charge in [0.25, 0.3) is 0 Å². The highest BCUT2D eigenvalue weighted by atomic mass is 19.1. The van der Waals surface area contributed by atoms with Crippen LogP contribution in [0.3, 0.4) is 0 Å². The SMILES string of the molecule is C[C@@H](N[C@H](C)c1ccc(F)cc1F)C(=O)Nc1ccc(C#N)cc1. The summed E-state index contributed by atoms with van der Waals surface area (Å²) in [7, 11) is 0. The summed E-state index contributed by atoms with van der Waals surface area (Å²) >= 11 is 0. The van der Waals surface area contributed by atoms with Gasteiger partial charge in [0.05, 0.1) is 17.7 Å². The van der Waals surface area contributed by atoms with E-state index >= 15 is 0 Å². The second-order valence-corrected chi connectivity index (χ2v) is 5.45. The summed E-state index contributed by atoms with van der Waals surface area (Å²) in [6.07, 6.45) is 0. The van der Waals surface area contributed by atoms with E-state index in [1.807, 2.05) is 6.07 Å². The third kappa shape index (κ3) is 4.37. The Morgan fingerprint density at radius 2 is 1.79 bits per heavy atom. The van der Waals surface area contributed by atoms with Gasteiger partial charge < -0.3 is 5.32 Å². The molecule has 0 saturated heterocycles. The number of carbonyl (C=O) groups is 1. The lowest BCUT2D eigenvalue weighted by atomic mass is 10.1. The van der Waals surface area contributed by atoms with Gasteiger partial charge in [0.2, 0.25) is 5.91 Å². The molecule has 0 radical (unpaired) electrons. The normalized spacial score (nSPS) is 13.0. The summed E-state index contributed by atoms with van der Waals surface area (Å²) < 4.78 is 26.7. The molecule has 0 saturated carbocycles. The molecule has 0 unspecified atom stereocenters. The van der Waals surface area contributed by atoms with E-state index in [2.05, 4.69) is 10.6 Å². The Labute approximate surface area is 139 Å². The van der Waals surface area contributed by atoms with E-state index in [9.17, 15) is 13.6 Å². The Bertz CT molecular complexity index is 769. The van der Waals surface area contributed by atoms with E-state index in [0.717, 1.165) is 6.07 Å². The molecule has 0 spiro atoms. The summed E-state index contributed by atoms with van der Waals surface area (Å²) in [6, 6.07) is 10.7. The molecule has 4 nitrogen and oxygen atoms in total. The van der Waals surface area contributed by atoms with Crippen molar-refractivity contribution in [2.75, 3.05) is 5.32 Å². The molecular weight excluding hydrogens is 312 g/mol. The minimum atomic E-state index is -0.658. The van der Waals surface area contributed by atoms with Crippen molar-refractivity contribution >= 4 is 11.6 Å². The van der Waals surface area contributed by atoms with E-state index in [0.29, 0.717) is 11.3 Å². The lowest BCUT2D eigenvalue weighted by Crippen LogP contribution is -2.39. The van der Waals surface area contributed by atoms with Crippen LogP contribution in [0.15, 0.2) is 42.5 Å². The molecule has 0 aliphatic carbocycles. The first kappa shape index (κ1) is 17.6. The maximum absolute atomic E-state index is 13.8. The molecule has 2 N–H and O–H groups in total. The maximum Gasteiger partial charge on any atom is 0.241 e. The van der Waals surface area contributed by atoms with Gasteiger partial charge in [-0.3, -0.25) is 10.1 Å². The first-order valence-corrected chi connectivity index (χ1v) is 7.42. The molecule has 2 aromatic rings. The zero-order valence-corrected chi connectivity index (χ0v) is 13.3. The molecule has 24 heavy (non-hydrogen) atoms. The predicted octanol–water partition coefficient (Wildman–Crippen LogP) is 3.51. The van der Waals surface area contributed by atoms with Crippen molar-refractivity contribution in [2.24, 2.45) is 0 Å². The molecule has 2 rings (SSSR count). The summed E-state index contributed by atoms with van der Waals surface area (Å²) in [5.41, 5.74) is 1.35. The summed E-state index contributed by atoms with van der Waals surface area (Å²) in [4.78, 5) is 12.2. The first-order chi connectivity index (χ1) is 11.4. The number of amides is 1. The predicted molar refractivity (Wildman–Crippen MR) is 87.2 cm³/mol. The number of hydrogen-bond donors (Lipinski definition) is 2. The van der Waals surface area contributed by atoms with Gasteiger partial charge in [0.15, 0.2) is 0 Å². The number of rotatable bonds is 5. The molecule has 1 amide bonds. The number of halogens is 2. The van der Waals surface area contributed by atoms with Crippen molar-refractivity contribution in [3.05, 3.63) is 65.2 Å². The van der Waals surface area contributed by atoms with E-state index in [4.69, 9.17) is 5.26 Å². The Kier molecular flexibility index (Phi) is 5.61. The highest BCUT2D eigenvalue weighted by Crippen LogP contribution is 2.18. The quantitative estimate of drug-likeness (QED) is 0.882. The van der Waals surface area contributed by atoms with Gasteiger partial charge in [-0.05, 0) is 44.2 Å². The first-order valence-electron chi connectivity index (χ1n) is 7.42. The van der Waals surface area contributed by atoms with Crippen LogP contribution in [-0.2, 0) is 4.79 Å². The van der Waals surface area contributed by atoms with Crippen LogP contribution in [-0.4, -0.2) is 11.9 Å². The summed E-state index contributed by atoms with van der Waals surface area (Å²) in [5.74, 6) is -1.60. The molecular formula is C18H17F2N3O. The fourth-order valence-electron chi connectivity index (χ4n) is 2.27. The van der Waals surface area contributed by atoms with E-state index in [1.165, 1.54) is 12.1 Å². The largest absolute Gasteiger partial charge is 0.325 e. The lowest BCUT2D eigenvalue weighted by molar-refractivity contribution is -0.117. The zero-order chi connectivity index (χ0) is 17.7. The second kappa shape index (κ2) is 7.66. The highest BCUT2D eigenvalue weighted by Gasteiger charge is 2.18. The fourth-order valence-corrected chi connectivity index (χ4v) is 2.27. The minimum Gasteiger partial charge on any atom is -0.325 e. The molecule has 0 aromatic heterocycles. The number of carbonyl (C=O) groups excluding carboxylic acids is 1. The molecule has 0 aliphatic heterocycles. The molecule has 6 heteroatoms. The van der Waals surface area contributed by atoms with Gasteiger partial charge in [-0.1, -0.05) is 6.07 Å². The molecule has 2 atom stereocenters. The summed E-state index contributed by atoms with van der Waals surface area (Å²) in [5, 5.41) is 14.4. The number of nitrogens with zero attached hydrogens (tertiary/aromatic N) is 1. The van der Waals surface area contributed by atoms with Crippen molar-refractivity contribution in [2.45, 2.75) is 25.9 Å². The molecule has 0 bridgehead atoms. The Hall–Kier alpha value is -2.78. The topological polar surface area (TPSA) is 64.9 Å². The molecule has 2 aromatic carbocycles. The highest BCUT2D eigenvalue weighted by molar-refractivity contribution is 5.94. The lowest BCUT2D eigenvalue weighted by Gasteiger charge is -2.20. The van der Waals surface area contributed by atoms with E-state index in [1.54, 1.807) is 38.1 Å². The van der Waals surface area contributed by atoms with Crippen LogP contribution in [0.5, 0.6) is 0 Å². The van der Waals surface area contributed by atoms with Crippen LogP contribution >= 0.6 is 0 Å². The van der Waals surface area contributed by atoms with Gasteiger partial charge in [0, 0.05) is 23.4 Å². The molecule has 0 aliphatic rings. The smallest absolute Gasteiger partial charge is 0.241 e. The number of nitrogens with one attached hydrogen (secondary N) is 2. The molecule has 0 fully saturated rings. The number of benzene rings is 2. The monoisotopic (exact) mass is 329 g/mol. The fraction of sp³-hybridized carbons (Fsp3) is 0.222. The Morgan fingerprint density at radius 3 is 2.38 bits per heavy atom. The van der Waals surface area contributed by atoms with Gasteiger partial charge in [-0.25, -0.2) is 8.78 Å². The van der Waals surface area contributed by atoms with Crippen molar-refractivity contribution in [1.82, 2.24) is 5.32 Å². The number of nitriles is 1. The minimum absolute atomic E-state index is 0.287. The van der Waals surface area contributed by atoms with Gasteiger partial charge in [0.1, 0.15) is 11.6 Å². The molecule has 124 valence electrons. The average Bonchev–Trinajstić information content (AvgIpc) is 2.55. The Morgan fingerprint density at radius 1 is 1.12 bits per heavy atom. The Balaban J connectivity index is 1.98. The maximum atomic E-state index is 13.8.